The molecule has 2 aromatic heterocycles. The molecule has 0 spiro atoms. The summed E-state index contributed by atoms with van der Waals surface area (Å²) in [7, 11) is 0. The average molecular weight is 430 g/mol. The Balaban J connectivity index is 1.58. The minimum Gasteiger partial charge on any atom is -0.485 e. The van der Waals surface area contributed by atoms with Gasteiger partial charge in [0.1, 0.15) is 17.5 Å². The second-order valence-corrected chi connectivity index (χ2v) is 8.59. The third-order valence-corrected chi connectivity index (χ3v) is 6.21. The molecule has 0 amide bonds. The molecule has 3 heterocycles. The third kappa shape index (κ3) is 3.68. The first kappa shape index (κ1) is 19.4. The summed E-state index contributed by atoms with van der Waals surface area (Å²) >= 11 is 1.16. The zero-order valence-corrected chi connectivity index (χ0v) is 17.8. The molecule has 0 saturated carbocycles. The number of aromatic nitrogens is 3. The van der Waals surface area contributed by atoms with Gasteiger partial charge in [-0.25, -0.2) is 0 Å². The second-order valence-electron chi connectivity index (χ2n) is 7.58. The van der Waals surface area contributed by atoms with Gasteiger partial charge in [-0.3, -0.25) is 9.59 Å². The van der Waals surface area contributed by atoms with Gasteiger partial charge >= 0.3 is 0 Å². The SMILES string of the molecule is Cc1ccc(Cc2nn3c(=O)c(=CC4=Cc5ccccc5OC4C)sc3nc2=O)cc1. The Bertz CT molecular complexity index is 1500. The number of fused-ring (bicyclic) bond motifs is 2. The molecule has 1 unspecified atom stereocenters. The van der Waals surface area contributed by atoms with Crippen LogP contribution in [0.4, 0.5) is 0 Å². The maximum Gasteiger partial charge on any atom is 0.296 e. The standard InChI is InChI=1S/C24H19N3O3S/c1-14-7-9-16(10-8-14)11-19-22(28)25-24-27(26-19)23(29)21(31-24)13-18-12-17-5-3-4-6-20(17)30-15(18)2/h3-10,12-13,15H,11H2,1-2H3. The summed E-state index contributed by atoms with van der Waals surface area (Å²) in [6.45, 7) is 3.94. The molecule has 0 saturated heterocycles. The van der Waals surface area contributed by atoms with E-state index in [4.69, 9.17) is 4.74 Å². The molecule has 0 radical (unpaired) electrons. The summed E-state index contributed by atoms with van der Waals surface area (Å²) in [4.78, 5) is 29.9. The summed E-state index contributed by atoms with van der Waals surface area (Å²) in [5.74, 6) is 0.820. The van der Waals surface area contributed by atoms with Crippen LogP contribution >= 0.6 is 11.3 Å². The van der Waals surface area contributed by atoms with E-state index in [1.54, 1.807) is 6.08 Å². The van der Waals surface area contributed by atoms with Crippen molar-refractivity contribution >= 4 is 28.4 Å². The Morgan fingerprint density at radius 1 is 1.13 bits per heavy atom. The first-order valence-electron chi connectivity index (χ1n) is 9.95. The Labute approximate surface area is 181 Å². The van der Waals surface area contributed by atoms with Crippen LogP contribution in [-0.2, 0) is 6.42 Å². The van der Waals surface area contributed by atoms with Gasteiger partial charge in [0.25, 0.3) is 11.1 Å². The minimum atomic E-state index is -0.407. The molecule has 7 heteroatoms. The van der Waals surface area contributed by atoms with Crippen LogP contribution in [0.3, 0.4) is 0 Å². The number of hydrogen-bond donors (Lipinski definition) is 0. The topological polar surface area (TPSA) is 73.6 Å². The minimum absolute atomic E-state index is 0.197. The van der Waals surface area contributed by atoms with E-state index >= 15 is 0 Å². The van der Waals surface area contributed by atoms with Crippen LogP contribution in [0, 0.1) is 6.92 Å². The normalized spacial score (nSPS) is 16.1. The number of hydrogen-bond acceptors (Lipinski definition) is 6. The van der Waals surface area contributed by atoms with E-state index < -0.39 is 5.56 Å². The van der Waals surface area contributed by atoms with Crippen LogP contribution < -0.4 is 20.4 Å². The fraction of sp³-hybridized carbons (Fsp3) is 0.167. The Morgan fingerprint density at radius 3 is 2.71 bits per heavy atom. The Morgan fingerprint density at radius 2 is 1.90 bits per heavy atom. The van der Waals surface area contributed by atoms with Crippen molar-refractivity contribution in [2.45, 2.75) is 26.4 Å². The smallest absolute Gasteiger partial charge is 0.296 e. The van der Waals surface area contributed by atoms with Gasteiger partial charge in [0.15, 0.2) is 0 Å². The summed E-state index contributed by atoms with van der Waals surface area (Å²) in [5, 5.41) is 4.33. The van der Waals surface area contributed by atoms with Gasteiger partial charge in [0.05, 0.1) is 4.53 Å². The molecule has 154 valence electrons. The highest BCUT2D eigenvalue weighted by Gasteiger charge is 2.18. The van der Waals surface area contributed by atoms with Gasteiger partial charge in [0, 0.05) is 12.0 Å². The lowest BCUT2D eigenvalue weighted by atomic mass is 10.0. The van der Waals surface area contributed by atoms with Crippen molar-refractivity contribution in [1.82, 2.24) is 14.6 Å². The van der Waals surface area contributed by atoms with E-state index in [2.05, 4.69) is 10.1 Å². The lowest BCUT2D eigenvalue weighted by Gasteiger charge is -2.22. The summed E-state index contributed by atoms with van der Waals surface area (Å²) in [5.41, 5.74) is 3.49. The number of thiazole rings is 1. The van der Waals surface area contributed by atoms with Crippen molar-refractivity contribution in [3.8, 4) is 5.75 Å². The van der Waals surface area contributed by atoms with Crippen LogP contribution in [0.15, 0.2) is 63.7 Å². The summed E-state index contributed by atoms with van der Waals surface area (Å²) < 4.78 is 7.65. The fourth-order valence-electron chi connectivity index (χ4n) is 3.52. The lowest BCUT2D eigenvalue weighted by Crippen LogP contribution is -2.29. The summed E-state index contributed by atoms with van der Waals surface area (Å²) in [6, 6.07) is 15.6. The van der Waals surface area contributed by atoms with Gasteiger partial charge in [-0.2, -0.15) is 14.6 Å². The molecular formula is C24H19N3O3S. The van der Waals surface area contributed by atoms with Crippen LogP contribution in [0.5, 0.6) is 5.75 Å². The molecule has 5 rings (SSSR count). The second kappa shape index (κ2) is 7.59. The van der Waals surface area contributed by atoms with Crippen molar-refractivity contribution in [2.24, 2.45) is 0 Å². The summed E-state index contributed by atoms with van der Waals surface area (Å²) in [6.07, 6.45) is 3.95. The van der Waals surface area contributed by atoms with E-state index in [1.807, 2.05) is 68.5 Å². The molecule has 0 N–H and O–H groups in total. The highest BCUT2D eigenvalue weighted by Crippen LogP contribution is 2.29. The van der Waals surface area contributed by atoms with Gasteiger partial charge in [-0.1, -0.05) is 59.4 Å². The molecule has 1 aliphatic heterocycles. The van der Waals surface area contributed by atoms with Gasteiger partial charge in [0.2, 0.25) is 4.96 Å². The number of para-hydroxylation sites is 1. The molecule has 0 aliphatic carbocycles. The maximum absolute atomic E-state index is 13.0. The lowest BCUT2D eigenvalue weighted by molar-refractivity contribution is 0.259. The van der Waals surface area contributed by atoms with Crippen molar-refractivity contribution in [3.05, 3.63) is 102 Å². The van der Waals surface area contributed by atoms with Gasteiger partial charge < -0.3 is 4.74 Å². The molecular weight excluding hydrogens is 410 g/mol. The van der Waals surface area contributed by atoms with Crippen molar-refractivity contribution in [2.75, 3.05) is 0 Å². The highest BCUT2D eigenvalue weighted by atomic mass is 32.1. The quantitative estimate of drug-likeness (QED) is 0.501. The average Bonchev–Trinajstić information content (AvgIpc) is 3.05. The maximum atomic E-state index is 13.0. The monoisotopic (exact) mass is 429 g/mol. The van der Waals surface area contributed by atoms with Gasteiger partial charge in [-0.15, -0.1) is 0 Å². The number of ether oxygens (including phenoxy) is 1. The molecule has 31 heavy (non-hydrogen) atoms. The van der Waals surface area contributed by atoms with Gasteiger partial charge in [-0.05, 0) is 43.2 Å². The first-order valence-corrected chi connectivity index (χ1v) is 10.8. The van der Waals surface area contributed by atoms with Crippen molar-refractivity contribution in [1.29, 1.82) is 0 Å². The van der Waals surface area contributed by atoms with Crippen molar-refractivity contribution < 1.29 is 4.74 Å². The zero-order valence-electron chi connectivity index (χ0n) is 17.0. The third-order valence-electron chi connectivity index (χ3n) is 5.25. The molecule has 1 aliphatic rings. The molecule has 0 bridgehead atoms. The largest absolute Gasteiger partial charge is 0.485 e. The fourth-order valence-corrected chi connectivity index (χ4v) is 4.43. The Kier molecular flexibility index (Phi) is 4.75. The highest BCUT2D eigenvalue weighted by molar-refractivity contribution is 7.15. The molecule has 6 nitrogen and oxygen atoms in total. The van der Waals surface area contributed by atoms with E-state index in [0.717, 1.165) is 39.3 Å². The molecule has 4 aromatic rings. The van der Waals surface area contributed by atoms with Crippen molar-refractivity contribution in [3.63, 3.8) is 0 Å². The van der Waals surface area contributed by atoms with E-state index in [0.29, 0.717) is 15.9 Å². The molecule has 0 fully saturated rings. The van der Waals surface area contributed by atoms with Crippen LogP contribution in [0.1, 0.15) is 29.3 Å². The zero-order chi connectivity index (χ0) is 21.5. The van der Waals surface area contributed by atoms with Crippen LogP contribution in [-0.4, -0.2) is 20.7 Å². The number of aryl methyl sites for hydroxylation is 1. The number of nitrogens with zero attached hydrogens (tertiary/aromatic N) is 3. The predicted octanol–water partition coefficient (Wildman–Crippen LogP) is 2.77. The predicted molar refractivity (Wildman–Crippen MR) is 122 cm³/mol. The van der Waals surface area contributed by atoms with Crippen LogP contribution in [0.2, 0.25) is 0 Å². The van der Waals surface area contributed by atoms with E-state index in [1.165, 1.54) is 4.52 Å². The Hall–Kier alpha value is -3.58. The van der Waals surface area contributed by atoms with E-state index in [-0.39, 0.29) is 17.4 Å². The van der Waals surface area contributed by atoms with E-state index in [9.17, 15) is 9.59 Å². The molecule has 2 aromatic carbocycles. The molecule has 1 atom stereocenters. The van der Waals surface area contributed by atoms with Crippen LogP contribution in [0.25, 0.3) is 17.1 Å². The number of benzene rings is 2. The number of rotatable bonds is 3. The first-order chi connectivity index (χ1) is 15.0.